The van der Waals surface area contributed by atoms with E-state index in [-0.39, 0.29) is 6.42 Å². The number of carbonyl (C=O) groups is 1. The van der Waals surface area contributed by atoms with Gasteiger partial charge in [-0.1, -0.05) is 5.21 Å². The van der Waals surface area contributed by atoms with Gasteiger partial charge in [0.2, 0.25) is 0 Å². The molecule has 0 fully saturated rings. The van der Waals surface area contributed by atoms with Gasteiger partial charge in [0, 0.05) is 44.5 Å². The predicted molar refractivity (Wildman–Crippen MR) is 66.2 cm³/mol. The van der Waals surface area contributed by atoms with Crippen molar-refractivity contribution >= 4 is 5.97 Å². The van der Waals surface area contributed by atoms with E-state index in [9.17, 15) is 4.79 Å². The number of hydrogen-bond acceptors (Lipinski definition) is 5. The highest BCUT2D eigenvalue weighted by Gasteiger charge is 2.14. The van der Waals surface area contributed by atoms with Crippen molar-refractivity contribution in [2.24, 2.45) is 12.8 Å². The van der Waals surface area contributed by atoms with Crippen LogP contribution < -0.4 is 5.73 Å². The van der Waals surface area contributed by atoms with Crippen LogP contribution in [-0.2, 0) is 31.2 Å². The van der Waals surface area contributed by atoms with Crippen LogP contribution in [0.4, 0.5) is 0 Å². The summed E-state index contributed by atoms with van der Waals surface area (Å²) < 4.78 is 3.48. The van der Waals surface area contributed by atoms with Crippen LogP contribution in [0.15, 0.2) is 18.5 Å². The molecule has 8 nitrogen and oxygen atoms in total. The first-order valence-electron chi connectivity index (χ1n) is 5.90. The highest BCUT2D eigenvalue weighted by molar-refractivity contribution is 5.73. The number of nitrogens with zero attached hydrogens (tertiary/aromatic N) is 5. The molecule has 8 heteroatoms. The number of nitrogens with two attached hydrogens (primary N) is 1. The van der Waals surface area contributed by atoms with E-state index in [1.54, 1.807) is 21.8 Å². The quantitative estimate of drug-likeness (QED) is 0.707. The highest BCUT2D eigenvalue weighted by atomic mass is 16.4. The molecule has 0 aliphatic heterocycles. The molecule has 2 aromatic heterocycles. The van der Waals surface area contributed by atoms with Gasteiger partial charge in [-0.25, -0.2) is 0 Å². The van der Waals surface area contributed by atoms with Crippen LogP contribution in [0.3, 0.4) is 0 Å². The maximum Gasteiger partial charge on any atom is 0.320 e. The third kappa shape index (κ3) is 3.38. The molecule has 1 unspecified atom stereocenters. The second kappa shape index (κ2) is 5.61. The third-order valence-corrected chi connectivity index (χ3v) is 2.85. The van der Waals surface area contributed by atoms with Crippen molar-refractivity contribution in [2.45, 2.75) is 25.4 Å². The monoisotopic (exact) mass is 264 g/mol. The smallest absolute Gasteiger partial charge is 0.320 e. The fourth-order valence-corrected chi connectivity index (χ4v) is 1.73. The van der Waals surface area contributed by atoms with Crippen LogP contribution in [0.5, 0.6) is 0 Å². The Bertz CT molecular complexity index is 561. The summed E-state index contributed by atoms with van der Waals surface area (Å²) in [6.07, 6.45) is 4.43. The van der Waals surface area contributed by atoms with Gasteiger partial charge in [0.05, 0.1) is 5.69 Å². The van der Waals surface area contributed by atoms with E-state index in [4.69, 9.17) is 10.8 Å². The van der Waals surface area contributed by atoms with E-state index in [1.807, 2.05) is 13.1 Å². The minimum atomic E-state index is -1.04. The lowest BCUT2D eigenvalue weighted by Crippen LogP contribution is -2.32. The van der Waals surface area contributed by atoms with Gasteiger partial charge in [0.25, 0.3) is 0 Å². The second-order valence-electron chi connectivity index (χ2n) is 4.32. The van der Waals surface area contributed by atoms with Gasteiger partial charge in [-0.2, -0.15) is 5.10 Å². The predicted octanol–water partition coefficient (Wildman–Crippen LogP) is -0.791. The zero-order chi connectivity index (χ0) is 13.8. The number of carboxylic acids is 1. The van der Waals surface area contributed by atoms with E-state index in [0.717, 1.165) is 12.1 Å². The molecular formula is C11H16N6O2. The summed E-state index contributed by atoms with van der Waals surface area (Å²) >= 11 is 0. The molecule has 2 aromatic rings. The van der Waals surface area contributed by atoms with Crippen molar-refractivity contribution in [3.05, 3.63) is 29.8 Å². The van der Waals surface area contributed by atoms with Crippen LogP contribution in [-0.4, -0.2) is 41.9 Å². The van der Waals surface area contributed by atoms with E-state index >= 15 is 0 Å². The number of aliphatic carboxylic acids is 1. The number of aromatic nitrogens is 5. The Morgan fingerprint density at radius 2 is 2.37 bits per heavy atom. The van der Waals surface area contributed by atoms with E-state index in [0.29, 0.717) is 12.2 Å². The fourth-order valence-electron chi connectivity index (χ4n) is 1.73. The SMILES string of the molecule is Cn1nccc1CCn1cc(CC(N)C(=O)O)nn1. The highest BCUT2D eigenvalue weighted by Crippen LogP contribution is 2.02. The molecule has 19 heavy (non-hydrogen) atoms. The zero-order valence-electron chi connectivity index (χ0n) is 10.6. The van der Waals surface area contributed by atoms with Crippen molar-refractivity contribution in [2.75, 3.05) is 0 Å². The Morgan fingerprint density at radius 3 is 3.00 bits per heavy atom. The number of hydrogen-bond donors (Lipinski definition) is 2. The topological polar surface area (TPSA) is 112 Å². The summed E-state index contributed by atoms with van der Waals surface area (Å²) in [5.74, 6) is -1.04. The molecule has 1 atom stereocenters. The maximum atomic E-state index is 10.6. The molecule has 102 valence electrons. The molecule has 2 rings (SSSR count). The Hall–Kier alpha value is -2.22. The van der Waals surface area contributed by atoms with Gasteiger partial charge in [-0.15, -0.1) is 5.10 Å². The Balaban J connectivity index is 1.91. The Labute approximate surface area is 109 Å². The molecule has 0 aliphatic carbocycles. The Morgan fingerprint density at radius 1 is 1.58 bits per heavy atom. The molecule has 3 N–H and O–H groups in total. The zero-order valence-corrected chi connectivity index (χ0v) is 10.6. The van der Waals surface area contributed by atoms with Crippen LogP contribution in [0, 0.1) is 0 Å². The molecule has 0 saturated carbocycles. The third-order valence-electron chi connectivity index (χ3n) is 2.85. The van der Waals surface area contributed by atoms with Gasteiger partial charge in [-0.3, -0.25) is 14.2 Å². The van der Waals surface area contributed by atoms with Crippen LogP contribution in [0.1, 0.15) is 11.4 Å². The van der Waals surface area contributed by atoms with E-state index in [1.165, 1.54) is 0 Å². The lowest BCUT2D eigenvalue weighted by Gasteiger charge is -2.02. The molecule has 0 bridgehead atoms. The molecule has 0 saturated heterocycles. The fraction of sp³-hybridized carbons (Fsp3) is 0.455. The lowest BCUT2D eigenvalue weighted by atomic mass is 10.2. The maximum absolute atomic E-state index is 10.6. The molecule has 0 spiro atoms. The van der Waals surface area contributed by atoms with Crippen molar-refractivity contribution < 1.29 is 9.90 Å². The molecule has 0 aromatic carbocycles. The van der Waals surface area contributed by atoms with Gasteiger partial charge < -0.3 is 10.8 Å². The largest absolute Gasteiger partial charge is 0.480 e. The van der Waals surface area contributed by atoms with Crippen molar-refractivity contribution in [3.63, 3.8) is 0 Å². The average Bonchev–Trinajstić information content (AvgIpc) is 2.96. The second-order valence-corrected chi connectivity index (χ2v) is 4.32. The Kier molecular flexibility index (Phi) is 3.91. The first kappa shape index (κ1) is 13.2. The molecule has 0 amide bonds. The van der Waals surface area contributed by atoms with Crippen molar-refractivity contribution in [3.8, 4) is 0 Å². The average molecular weight is 264 g/mol. The number of aryl methyl sites for hydroxylation is 3. The van der Waals surface area contributed by atoms with Gasteiger partial charge in [-0.05, 0) is 6.07 Å². The minimum absolute atomic E-state index is 0.182. The van der Waals surface area contributed by atoms with Crippen LogP contribution >= 0.6 is 0 Å². The standard InChI is InChI=1S/C11H16N6O2/c1-16-9(2-4-13-16)3-5-17-7-8(14-15-17)6-10(12)11(18)19/h2,4,7,10H,3,5-6,12H2,1H3,(H,18,19). The minimum Gasteiger partial charge on any atom is -0.480 e. The number of rotatable bonds is 6. The van der Waals surface area contributed by atoms with Crippen molar-refractivity contribution in [1.82, 2.24) is 24.8 Å². The first-order chi connectivity index (χ1) is 9.06. The molecule has 0 radical (unpaired) electrons. The number of carboxylic acid groups (broad SMARTS) is 1. The summed E-state index contributed by atoms with van der Waals surface area (Å²) in [5.41, 5.74) is 7.12. The van der Waals surface area contributed by atoms with Crippen LogP contribution in [0.25, 0.3) is 0 Å². The first-order valence-corrected chi connectivity index (χ1v) is 5.90. The molecule has 2 heterocycles. The summed E-state index contributed by atoms with van der Waals surface area (Å²) in [6, 6.07) is 1.00. The summed E-state index contributed by atoms with van der Waals surface area (Å²) in [7, 11) is 1.88. The van der Waals surface area contributed by atoms with E-state index < -0.39 is 12.0 Å². The summed E-state index contributed by atoms with van der Waals surface area (Å²) in [6.45, 7) is 0.662. The molecular weight excluding hydrogens is 248 g/mol. The van der Waals surface area contributed by atoms with E-state index in [2.05, 4.69) is 15.4 Å². The van der Waals surface area contributed by atoms with Gasteiger partial charge in [0.1, 0.15) is 6.04 Å². The van der Waals surface area contributed by atoms with Crippen molar-refractivity contribution in [1.29, 1.82) is 0 Å². The van der Waals surface area contributed by atoms with Gasteiger partial charge >= 0.3 is 5.97 Å². The normalized spacial score (nSPS) is 12.5. The summed E-state index contributed by atoms with van der Waals surface area (Å²) in [4.78, 5) is 10.6. The van der Waals surface area contributed by atoms with Gasteiger partial charge in [0.15, 0.2) is 0 Å². The van der Waals surface area contributed by atoms with Crippen LogP contribution in [0.2, 0.25) is 0 Å². The molecule has 0 aliphatic rings. The summed E-state index contributed by atoms with van der Waals surface area (Å²) in [5, 5.41) is 20.7. The lowest BCUT2D eigenvalue weighted by molar-refractivity contribution is -0.138.